The van der Waals surface area contributed by atoms with Gasteiger partial charge < -0.3 is 10.5 Å². The summed E-state index contributed by atoms with van der Waals surface area (Å²) in [6.07, 6.45) is 0. The van der Waals surface area contributed by atoms with Gasteiger partial charge in [-0.25, -0.2) is 8.78 Å². The van der Waals surface area contributed by atoms with Crippen LogP contribution in [-0.4, -0.2) is 6.61 Å². The van der Waals surface area contributed by atoms with Gasteiger partial charge in [0.1, 0.15) is 17.4 Å². The van der Waals surface area contributed by atoms with Crippen LogP contribution in [0.15, 0.2) is 36.4 Å². The van der Waals surface area contributed by atoms with Crippen molar-refractivity contribution in [2.24, 2.45) is 0 Å². The number of anilines is 1. The third kappa shape index (κ3) is 2.27. The molecule has 0 saturated carbocycles. The van der Waals surface area contributed by atoms with Gasteiger partial charge in [0, 0.05) is 17.2 Å². The lowest BCUT2D eigenvalue weighted by Crippen LogP contribution is -1.97. The van der Waals surface area contributed by atoms with E-state index in [1.54, 1.807) is 24.3 Å². The summed E-state index contributed by atoms with van der Waals surface area (Å²) in [6.45, 7) is 2.28. The van der Waals surface area contributed by atoms with Crippen molar-refractivity contribution < 1.29 is 13.5 Å². The van der Waals surface area contributed by atoms with Crippen LogP contribution < -0.4 is 10.5 Å². The minimum Gasteiger partial charge on any atom is -0.493 e. The normalized spacial score (nSPS) is 10.4. The van der Waals surface area contributed by atoms with E-state index in [1.807, 2.05) is 6.92 Å². The lowest BCUT2D eigenvalue weighted by atomic mass is 10.0. The van der Waals surface area contributed by atoms with Gasteiger partial charge in [-0.05, 0) is 19.1 Å². The molecule has 2 rings (SSSR count). The molecule has 0 amide bonds. The van der Waals surface area contributed by atoms with Gasteiger partial charge in [0.25, 0.3) is 0 Å². The Labute approximate surface area is 104 Å². The summed E-state index contributed by atoms with van der Waals surface area (Å²) < 4.78 is 32.7. The minimum absolute atomic E-state index is 0.144. The molecule has 2 aromatic carbocycles. The molecule has 0 spiro atoms. The lowest BCUT2D eigenvalue weighted by molar-refractivity contribution is 0.341. The summed E-state index contributed by atoms with van der Waals surface area (Å²) in [5.41, 5.74) is 5.77. The molecule has 18 heavy (non-hydrogen) atoms. The first kappa shape index (κ1) is 12.4. The molecule has 0 radical (unpaired) electrons. The molecular weight excluding hydrogens is 236 g/mol. The first-order valence-electron chi connectivity index (χ1n) is 5.60. The Morgan fingerprint density at radius 3 is 2.50 bits per heavy atom. The van der Waals surface area contributed by atoms with Gasteiger partial charge in [0.15, 0.2) is 0 Å². The van der Waals surface area contributed by atoms with Crippen LogP contribution >= 0.6 is 0 Å². The maximum absolute atomic E-state index is 13.8. The third-order valence-corrected chi connectivity index (χ3v) is 2.56. The van der Waals surface area contributed by atoms with E-state index in [9.17, 15) is 8.78 Å². The summed E-state index contributed by atoms with van der Waals surface area (Å²) in [5.74, 6) is -0.693. The summed E-state index contributed by atoms with van der Waals surface area (Å²) >= 11 is 0. The maximum Gasteiger partial charge on any atom is 0.146 e. The van der Waals surface area contributed by atoms with Crippen molar-refractivity contribution in [1.82, 2.24) is 0 Å². The third-order valence-electron chi connectivity index (χ3n) is 2.56. The average Bonchev–Trinajstić information content (AvgIpc) is 2.35. The van der Waals surface area contributed by atoms with Crippen LogP contribution in [0, 0.1) is 11.6 Å². The van der Waals surface area contributed by atoms with Gasteiger partial charge in [-0.15, -0.1) is 0 Å². The Morgan fingerprint density at radius 1 is 1.06 bits per heavy atom. The Kier molecular flexibility index (Phi) is 3.46. The zero-order valence-corrected chi connectivity index (χ0v) is 9.91. The predicted molar refractivity (Wildman–Crippen MR) is 67.4 cm³/mol. The van der Waals surface area contributed by atoms with Gasteiger partial charge in [0.2, 0.25) is 0 Å². The van der Waals surface area contributed by atoms with Crippen molar-refractivity contribution in [3.8, 4) is 16.9 Å². The number of rotatable bonds is 3. The van der Waals surface area contributed by atoms with Gasteiger partial charge in [-0.3, -0.25) is 0 Å². The summed E-state index contributed by atoms with van der Waals surface area (Å²) in [7, 11) is 0. The van der Waals surface area contributed by atoms with Crippen LogP contribution in [0.4, 0.5) is 14.5 Å². The van der Waals surface area contributed by atoms with E-state index in [0.717, 1.165) is 12.1 Å². The molecule has 4 heteroatoms. The van der Waals surface area contributed by atoms with E-state index < -0.39 is 11.6 Å². The van der Waals surface area contributed by atoms with E-state index in [2.05, 4.69) is 0 Å². The highest BCUT2D eigenvalue weighted by molar-refractivity contribution is 5.72. The first-order chi connectivity index (χ1) is 8.63. The molecule has 0 fully saturated rings. The van der Waals surface area contributed by atoms with Gasteiger partial charge >= 0.3 is 0 Å². The minimum atomic E-state index is -0.641. The largest absolute Gasteiger partial charge is 0.493 e. The second-order valence-corrected chi connectivity index (χ2v) is 3.78. The molecule has 2 nitrogen and oxygen atoms in total. The monoisotopic (exact) mass is 249 g/mol. The molecule has 0 aromatic heterocycles. The Bertz CT molecular complexity index is 570. The summed E-state index contributed by atoms with van der Waals surface area (Å²) in [5, 5.41) is 0. The Hall–Kier alpha value is -2.10. The van der Waals surface area contributed by atoms with Crippen LogP contribution in [0.1, 0.15) is 6.92 Å². The molecular formula is C14H13F2NO. The molecule has 0 aliphatic rings. The van der Waals surface area contributed by atoms with E-state index in [0.29, 0.717) is 17.9 Å². The van der Waals surface area contributed by atoms with Crippen LogP contribution in [0.3, 0.4) is 0 Å². The summed E-state index contributed by atoms with van der Waals surface area (Å²) in [4.78, 5) is 0. The summed E-state index contributed by atoms with van der Waals surface area (Å²) in [6, 6.07) is 8.98. The Balaban J connectivity index is 2.58. The molecule has 0 atom stereocenters. The van der Waals surface area contributed by atoms with Crippen LogP contribution in [0.25, 0.3) is 11.1 Å². The van der Waals surface area contributed by atoms with Crippen LogP contribution in [-0.2, 0) is 0 Å². The molecule has 0 unspecified atom stereocenters. The number of hydrogen-bond acceptors (Lipinski definition) is 2. The van der Waals surface area contributed by atoms with E-state index in [1.165, 1.54) is 0 Å². The zero-order valence-electron chi connectivity index (χ0n) is 9.91. The van der Waals surface area contributed by atoms with E-state index in [-0.39, 0.29) is 11.3 Å². The lowest BCUT2D eigenvalue weighted by Gasteiger charge is -2.11. The van der Waals surface area contributed by atoms with E-state index >= 15 is 0 Å². The number of ether oxygens (including phenoxy) is 1. The fraction of sp³-hybridized carbons (Fsp3) is 0.143. The van der Waals surface area contributed by atoms with Gasteiger partial charge in [0.05, 0.1) is 12.3 Å². The molecule has 2 aromatic rings. The van der Waals surface area contributed by atoms with Crippen molar-refractivity contribution >= 4 is 5.69 Å². The SMILES string of the molecule is CCOc1ccccc1-c1cc(F)c(N)cc1F. The number of nitrogens with two attached hydrogens (primary N) is 1. The maximum atomic E-state index is 13.8. The standard InChI is InChI=1S/C14H13F2NO/c1-2-18-14-6-4-3-5-9(14)10-7-12(16)13(17)8-11(10)15/h3-8H,2,17H2,1H3. The average molecular weight is 249 g/mol. The molecule has 0 aliphatic carbocycles. The van der Waals surface area contributed by atoms with Crippen molar-refractivity contribution in [3.63, 3.8) is 0 Å². The number of para-hydroxylation sites is 1. The number of hydrogen-bond donors (Lipinski definition) is 1. The highest BCUT2D eigenvalue weighted by Crippen LogP contribution is 2.33. The smallest absolute Gasteiger partial charge is 0.146 e. The topological polar surface area (TPSA) is 35.2 Å². The van der Waals surface area contributed by atoms with E-state index in [4.69, 9.17) is 10.5 Å². The fourth-order valence-corrected chi connectivity index (χ4v) is 1.74. The second kappa shape index (κ2) is 5.04. The van der Waals surface area contributed by atoms with Gasteiger partial charge in [-0.1, -0.05) is 18.2 Å². The number of halogens is 2. The quantitative estimate of drug-likeness (QED) is 0.843. The number of nitrogen functional groups attached to an aromatic ring is 1. The molecule has 0 saturated heterocycles. The second-order valence-electron chi connectivity index (χ2n) is 3.78. The van der Waals surface area contributed by atoms with Gasteiger partial charge in [-0.2, -0.15) is 0 Å². The molecule has 94 valence electrons. The molecule has 0 aliphatic heterocycles. The fourth-order valence-electron chi connectivity index (χ4n) is 1.74. The van der Waals surface area contributed by atoms with Crippen molar-refractivity contribution in [3.05, 3.63) is 48.0 Å². The molecule has 2 N–H and O–H groups in total. The highest BCUT2D eigenvalue weighted by atomic mass is 19.1. The van der Waals surface area contributed by atoms with Crippen molar-refractivity contribution in [2.75, 3.05) is 12.3 Å². The van der Waals surface area contributed by atoms with Crippen molar-refractivity contribution in [1.29, 1.82) is 0 Å². The molecule has 0 bridgehead atoms. The van der Waals surface area contributed by atoms with Crippen molar-refractivity contribution in [2.45, 2.75) is 6.92 Å². The first-order valence-corrected chi connectivity index (χ1v) is 5.60. The van der Waals surface area contributed by atoms with Crippen LogP contribution in [0.5, 0.6) is 5.75 Å². The molecule has 0 heterocycles. The Morgan fingerprint density at radius 2 is 1.78 bits per heavy atom. The number of benzene rings is 2. The van der Waals surface area contributed by atoms with Crippen LogP contribution in [0.2, 0.25) is 0 Å². The zero-order chi connectivity index (χ0) is 13.1. The highest BCUT2D eigenvalue weighted by Gasteiger charge is 2.13. The predicted octanol–water partition coefficient (Wildman–Crippen LogP) is 3.61.